The van der Waals surface area contributed by atoms with Gasteiger partial charge in [0.15, 0.2) is 0 Å². The summed E-state index contributed by atoms with van der Waals surface area (Å²) in [6, 6.07) is 12.9. The van der Waals surface area contributed by atoms with Crippen molar-refractivity contribution in [3.05, 3.63) is 42.0 Å². The number of hydrogen-bond acceptors (Lipinski definition) is 1. The number of anilines is 1. The van der Waals surface area contributed by atoms with Crippen molar-refractivity contribution in [2.24, 2.45) is 5.92 Å². The summed E-state index contributed by atoms with van der Waals surface area (Å²) in [7, 11) is 0. The van der Waals surface area contributed by atoms with Crippen molar-refractivity contribution in [3.8, 4) is 0 Å². The van der Waals surface area contributed by atoms with Crippen LogP contribution in [0.5, 0.6) is 0 Å². The molecule has 0 radical (unpaired) electrons. The summed E-state index contributed by atoms with van der Waals surface area (Å²) in [5, 5.41) is 2.49. The first-order valence-electron chi connectivity index (χ1n) is 6.61. The summed E-state index contributed by atoms with van der Waals surface area (Å²) < 4.78 is 1.92. The van der Waals surface area contributed by atoms with Crippen LogP contribution in [0, 0.1) is 5.92 Å². The molecular formula is C16H17IN-. The van der Waals surface area contributed by atoms with Gasteiger partial charge in [-0.25, -0.2) is 0 Å². The Hall–Kier alpha value is -0.770. The van der Waals surface area contributed by atoms with Crippen LogP contribution >= 0.6 is 0 Å². The standard InChI is InChI=1S/C16H17IN/c1-10-16(17-10)9-13(16)8-12-7-6-11-4-2-3-5-14(11)15(12)18/h2-7,10,13H,8-9,18H2,1H3/q-1. The van der Waals surface area contributed by atoms with Gasteiger partial charge in [0, 0.05) is 0 Å². The molecule has 3 atom stereocenters. The molecule has 1 nitrogen and oxygen atoms in total. The summed E-state index contributed by atoms with van der Waals surface area (Å²) in [4.78, 5) is 0. The third-order valence-electron chi connectivity index (χ3n) is 4.58. The quantitative estimate of drug-likeness (QED) is 0.468. The molecule has 1 saturated heterocycles. The Morgan fingerprint density at radius 3 is 2.78 bits per heavy atom. The van der Waals surface area contributed by atoms with Crippen LogP contribution in [0.4, 0.5) is 5.69 Å². The molecule has 2 aromatic rings. The van der Waals surface area contributed by atoms with Gasteiger partial charge < -0.3 is 0 Å². The zero-order chi connectivity index (χ0) is 12.3. The molecule has 2 aliphatic rings. The molecule has 1 spiro atoms. The molecule has 1 aliphatic heterocycles. The van der Waals surface area contributed by atoms with Crippen molar-refractivity contribution in [1.29, 1.82) is 0 Å². The van der Waals surface area contributed by atoms with E-state index < -0.39 is 0 Å². The van der Waals surface area contributed by atoms with E-state index in [-0.39, 0.29) is 0 Å². The summed E-state index contributed by atoms with van der Waals surface area (Å²) in [6.07, 6.45) is 2.69. The zero-order valence-electron chi connectivity index (χ0n) is 10.5. The summed E-state index contributed by atoms with van der Waals surface area (Å²) in [5.41, 5.74) is 8.74. The average molecular weight is 350 g/mol. The minimum absolute atomic E-state index is 0.517. The summed E-state index contributed by atoms with van der Waals surface area (Å²) >= 11 is 0.517. The van der Waals surface area contributed by atoms with E-state index in [0.717, 1.165) is 19.0 Å². The van der Waals surface area contributed by atoms with Gasteiger partial charge in [0.2, 0.25) is 0 Å². The van der Waals surface area contributed by atoms with Crippen LogP contribution in [0.25, 0.3) is 10.8 Å². The number of halogens is 1. The van der Waals surface area contributed by atoms with E-state index in [1.54, 1.807) is 0 Å². The summed E-state index contributed by atoms with van der Waals surface area (Å²) in [5.74, 6) is 0.948. The Labute approximate surface area is 118 Å². The first-order valence-corrected chi connectivity index (χ1v) is 8.94. The third-order valence-corrected chi connectivity index (χ3v) is 9.37. The second kappa shape index (κ2) is 3.62. The molecule has 1 saturated carbocycles. The van der Waals surface area contributed by atoms with Crippen LogP contribution in [0.2, 0.25) is 0 Å². The van der Waals surface area contributed by atoms with Crippen molar-refractivity contribution < 1.29 is 21.2 Å². The number of benzene rings is 2. The van der Waals surface area contributed by atoms with Crippen molar-refractivity contribution in [2.45, 2.75) is 27.1 Å². The number of nitrogen functional groups attached to an aromatic ring is 1. The number of alkyl halides is 2. The molecule has 1 heterocycles. The number of rotatable bonds is 2. The van der Waals surface area contributed by atoms with E-state index in [1.165, 1.54) is 29.2 Å². The van der Waals surface area contributed by atoms with E-state index in [9.17, 15) is 0 Å². The van der Waals surface area contributed by atoms with Crippen LogP contribution < -0.4 is 26.9 Å². The van der Waals surface area contributed by atoms with Gasteiger partial charge >= 0.3 is 118 Å². The van der Waals surface area contributed by atoms with Gasteiger partial charge in [-0.15, -0.1) is 0 Å². The molecule has 3 unspecified atom stereocenters. The number of nitrogens with two attached hydrogens (primary N) is 1. The van der Waals surface area contributed by atoms with E-state index in [2.05, 4.69) is 43.3 Å². The van der Waals surface area contributed by atoms with Crippen LogP contribution in [0.15, 0.2) is 36.4 Å². The van der Waals surface area contributed by atoms with Gasteiger partial charge in [-0.1, -0.05) is 0 Å². The third kappa shape index (κ3) is 1.51. The molecule has 94 valence electrons. The molecule has 0 aromatic heterocycles. The fourth-order valence-electron chi connectivity index (χ4n) is 3.24. The minimum atomic E-state index is 0.517. The maximum absolute atomic E-state index is 6.35. The van der Waals surface area contributed by atoms with Gasteiger partial charge in [-0.2, -0.15) is 0 Å². The Balaban J connectivity index is 1.67. The first-order chi connectivity index (χ1) is 8.71. The maximum atomic E-state index is 6.35. The molecular weight excluding hydrogens is 333 g/mol. The van der Waals surface area contributed by atoms with Gasteiger partial charge in [-0.05, 0) is 0 Å². The van der Waals surface area contributed by atoms with Gasteiger partial charge in [-0.3, -0.25) is 0 Å². The van der Waals surface area contributed by atoms with Crippen molar-refractivity contribution in [3.63, 3.8) is 0 Å². The van der Waals surface area contributed by atoms with Crippen LogP contribution in [-0.2, 0) is 6.42 Å². The molecule has 1 aliphatic carbocycles. The first kappa shape index (κ1) is 11.1. The molecule has 0 amide bonds. The topological polar surface area (TPSA) is 26.0 Å². The Bertz CT molecular complexity index is 636. The monoisotopic (exact) mass is 350 g/mol. The van der Waals surface area contributed by atoms with Gasteiger partial charge in [0.25, 0.3) is 0 Å². The second-order valence-electron chi connectivity index (χ2n) is 5.62. The van der Waals surface area contributed by atoms with Gasteiger partial charge in [0.05, 0.1) is 0 Å². The average Bonchev–Trinajstić information content (AvgIpc) is 3.24. The number of fused-ring (bicyclic) bond motifs is 1. The van der Waals surface area contributed by atoms with E-state index in [0.29, 0.717) is 21.2 Å². The van der Waals surface area contributed by atoms with Gasteiger partial charge in [0.1, 0.15) is 0 Å². The molecule has 18 heavy (non-hydrogen) atoms. The molecule has 2 N–H and O–H groups in total. The Morgan fingerprint density at radius 1 is 1.28 bits per heavy atom. The van der Waals surface area contributed by atoms with E-state index >= 15 is 0 Å². The van der Waals surface area contributed by atoms with E-state index in [4.69, 9.17) is 5.73 Å². The molecule has 2 fully saturated rings. The predicted molar refractivity (Wildman–Crippen MR) is 72.4 cm³/mol. The fraction of sp³-hybridized carbons (Fsp3) is 0.375. The fourth-order valence-corrected chi connectivity index (χ4v) is 7.08. The van der Waals surface area contributed by atoms with E-state index in [1.807, 2.05) is 0 Å². The van der Waals surface area contributed by atoms with Crippen LogP contribution in [0.1, 0.15) is 18.9 Å². The Kier molecular flexibility index (Phi) is 2.23. The predicted octanol–water partition coefficient (Wildman–Crippen LogP) is 0.214. The van der Waals surface area contributed by atoms with Crippen molar-refractivity contribution >= 4 is 16.5 Å². The Morgan fingerprint density at radius 2 is 2.06 bits per heavy atom. The van der Waals surface area contributed by atoms with Crippen LogP contribution in [0.3, 0.4) is 0 Å². The molecule has 2 heteroatoms. The van der Waals surface area contributed by atoms with Crippen LogP contribution in [-0.4, -0.2) is 7.35 Å². The second-order valence-corrected chi connectivity index (χ2v) is 10.1. The zero-order valence-corrected chi connectivity index (χ0v) is 12.6. The van der Waals surface area contributed by atoms with Crippen molar-refractivity contribution in [1.82, 2.24) is 0 Å². The molecule has 0 bridgehead atoms. The number of hydrogen-bond donors (Lipinski definition) is 1. The molecule has 2 aromatic carbocycles. The van der Waals surface area contributed by atoms with Crippen molar-refractivity contribution in [2.75, 3.05) is 5.73 Å². The SMILES string of the molecule is CC1[I-]C12CC2Cc1ccc2ccccc2c1N. The molecule has 4 rings (SSSR count). The normalized spacial score (nSPS) is 33.4. The summed E-state index contributed by atoms with van der Waals surface area (Å²) in [6.45, 7) is 2.44.